The van der Waals surface area contributed by atoms with Gasteiger partial charge in [0.15, 0.2) is 0 Å². The smallest absolute Gasteiger partial charge is 0.396 e. The Morgan fingerprint density at radius 2 is 2.00 bits per heavy atom. The van der Waals surface area contributed by atoms with Crippen molar-refractivity contribution in [3.63, 3.8) is 0 Å². The van der Waals surface area contributed by atoms with Crippen LogP contribution in [0.2, 0.25) is 0 Å². The molecule has 0 aliphatic heterocycles. The van der Waals surface area contributed by atoms with E-state index in [1.807, 2.05) is 6.92 Å². The zero-order valence-corrected chi connectivity index (χ0v) is 11.7. The Morgan fingerprint density at radius 3 is 2.43 bits per heavy atom. The molecule has 0 aliphatic carbocycles. The molecule has 0 amide bonds. The van der Waals surface area contributed by atoms with Gasteiger partial charge in [0.05, 0.1) is 10.5 Å². The third-order valence-electron chi connectivity index (χ3n) is 3.40. The van der Waals surface area contributed by atoms with E-state index in [1.165, 1.54) is 0 Å². The van der Waals surface area contributed by atoms with Crippen molar-refractivity contribution in [2.45, 2.75) is 38.4 Å². The topological polar surface area (TPSA) is 75.4 Å². The van der Waals surface area contributed by atoms with E-state index in [2.05, 4.69) is 5.32 Å². The summed E-state index contributed by atoms with van der Waals surface area (Å²) >= 11 is 0. The number of nitrogens with one attached hydrogen (secondary N) is 1. The summed E-state index contributed by atoms with van der Waals surface area (Å²) < 4.78 is 37.8. The highest BCUT2D eigenvalue weighted by atomic mass is 19.4. The van der Waals surface area contributed by atoms with E-state index in [4.69, 9.17) is 5.11 Å². The van der Waals surface area contributed by atoms with Crippen LogP contribution in [0.4, 0.5) is 24.5 Å². The maximum atomic E-state index is 12.6. The SMILES string of the molecule is CCC(C)(CCO)Nc1ccc(C(F)(F)F)cc1[N+](=O)[O-]. The van der Waals surface area contributed by atoms with Crippen LogP contribution in [-0.2, 0) is 6.18 Å². The monoisotopic (exact) mass is 306 g/mol. The van der Waals surface area contributed by atoms with Gasteiger partial charge in [-0.2, -0.15) is 13.2 Å². The lowest BCUT2D eigenvalue weighted by Gasteiger charge is -2.30. The predicted octanol–water partition coefficient (Wildman–Crippen LogP) is 3.58. The number of alkyl halides is 3. The lowest BCUT2D eigenvalue weighted by atomic mass is 9.94. The number of anilines is 1. The van der Waals surface area contributed by atoms with Crippen LogP contribution < -0.4 is 5.32 Å². The predicted molar refractivity (Wildman–Crippen MR) is 72.1 cm³/mol. The Bertz CT molecular complexity index is 520. The van der Waals surface area contributed by atoms with Crippen molar-refractivity contribution in [3.8, 4) is 0 Å². The number of halogens is 3. The minimum absolute atomic E-state index is 0.00537. The van der Waals surface area contributed by atoms with Crippen LogP contribution in [-0.4, -0.2) is 22.2 Å². The molecule has 2 N–H and O–H groups in total. The average molecular weight is 306 g/mol. The zero-order valence-electron chi connectivity index (χ0n) is 11.7. The molecule has 0 saturated carbocycles. The Kier molecular flexibility index (Phi) is 5.16. The van der Waals surface area contributed by atoms with Gasteiger partial charge in [0, 0.05) is 18.2 Å². The summed E-state index contributed by atoms with van der Waals surface area (Å²) in [6, 6.07) is 2.36. The van der Waals surface area contributed by atoms with Crippen LogP contribution >= 0.6 is 0 Å². The highest BCUT2D eigenvalue weighted by molar-refractivity contribution is 5.64. The minimum Gasteiger partial charge on any atom is -0.396 e. The van der Waals surface area contributed by atoms with Gasteiger partial charge in [-0.15, -0.1) is 0 Å². The zero-order chi connectivity index (χ0) is 16.3. The second-order valence-electron chi connectivity index (χ2n) is 5.00. The summed E-state index contributed by atoms with van der Waals surface area (Å²) in [5, 5.41) is 22.9. The summed E-state index contributed by atoms with van der Waals surface area (Å²) in [5.74, 6) is 0. The van der Waals surface area contributed by atoms with Crippen molar-refractivity contribution in [2.24, 2.45) is 0 Å². The van der Waals surface area contributed by atoms with Gasteiger partial charge in [0.25, 0.3) is 5.69 Å². The number of aliphatic hydroxyl groups excluding tert-OH is 1. The van der Waals surface area contributed by atoms with E-state index in [9.17, 15) is 23.3 Å². The molecule has 0 fully saturated rings. The van der Waals surface area contributed by atoms with Crippen LogP contribution in [0.1, 0.15) is 32.3 Å². The molecule has 1 rings (SSSR count). The van der Waals surface area contributed by atoms with E-state index < -0.39 is 27.9 Å². The second-order valence-corrected chi connectivity index (χ2v) is 5.00. The fourth-order valence-corrected chi connectivity index (χ4v) is 1.86. The van der Waals surface area contributed by atoms with Crippen molar-refractivity contribution in [1.82, 2.24) is 0 Å². The van der Waals surface area contributed by atoms with Gasteiger partial charge in [-0.25, -0.2) is 0 Å². The molecule has 1 aromatic carbocycles. The second kappa shape index (κ2) is 6.30. The molecule has 0 aliphatic rings. The molecule has 0 heterocycles. The molecule has 1 aromatic rings. The molecule has 118 valence electrons. The Labute approximate surface area is 119 Å². The van der Waals surface area contributed by atoms with Crippen molar-refractivity contribution in [1.29, 1.82) is 0 Å². The molecule has 21 heavy (non-hydrogen) atoms. The van der Waals surface area contributed by atoms with Gasteiger partial charge < -0.3 is 10.4 Å². The third-order valence-corrected chi connectivity index (χ3v) is 3.40. The first-order chi connectivity index (χ1) is 9.63. The first-order valence-corrected chi connectivity index (χ1v) is 6.37. The molecule has 0 radical (unpaired) electrons. The first kappa shape index (κ1) is 17.2. The summed E-state index contributed by atoms with van der Waals surface area (Å²) in [6.07, 6.45) is -3.77. The fourth-order valence-electron chi connectivity index (χ4n) is 1.86. The van der Waals surface area contributed by atoms with Gasteiger partial charge in [-0.3, -0.25) is 10.1 Å². The van der Waals surface area contributed by atoms with Gasteiger partial charge in [-0.1, -0.05) is 6.92 Å². The lowest BCUT2D eigenvalue weighted by molar-refractivity contribution is -0.384. The quantitative estimate of drug-likeness (QED) is 0.622. The lowest BCUT2D eigenvalue weighted by Crippen LogP contribution is -2.35. The number of hydrogen-bond acceptors (Lipinski definition) is 4. The molecule has 1 unspecified atom stereocenters. The Morgan fingerprint density at radius 1 is 1.38 bits per heavy atom. The van der Waals surface area contributed by atoms with E-state index in [0.717, 1.165) is 12.1 Å². The van der Waals surface area contributed by atoms with Crippen LogP contribution in [0.25, 0.3) is 0 Å². The molecular formula is C13H17F3N2O3. The third kappa shape index (κ3) is 4.32. The van der Waals surface area contributed by atoms with Gasteiger partial charge >= 0.3 is 6.18 Å². The van der Waals surface area contributed by atoms with E-state index in [0.29, 0.717) is 18.9 Å². The van der Waals surface area contributed by atoms with Crippen LogP contribution in [0, 0.1) is 10.1 Å². The summed E-state index contributed by atoms with van der Waals surface area (Å²) in [5.41, 5.74) is -2.34. The summed E-state index contributed by atoms with van der Waals surface area (Å²) in [4.78, 5) is 10.1. The van der Waals surface area contributed by atoms with E-state index in [1.54, 1.807) is 6.92 Å². The number of rotatable bonds is 6. The number of aliphatic hydroxyl groups is 1. The van der Waals surface area contributed by atoms with Crippen molar-refractivity contribution in [3.05, 3.63) is 33.9 Å². The molecule has 8 heteroatoms. The number of benzene rings is 1. The molecule has 0 bridgehead atoms. The highest BCUT2D eigenvalue weighted by Gasteiger charge is 2.34. The summed E-state index contributed by atoms with van der Waals surface area (Å²) in [6.45, 7) is 3.43. The Balaban J connectivity index is 3.21. The molecule has 0 aromatic heterocycles. The van der Waals surface area contributed by atoms with Crippen LogP contribution in [0.5, 0.6) is 0 Å². The fraction of sp³-hybridized carbons (Fsp3) is 0.538. The number of hydrogen-bond donors (Lipinski definition) is 2. The molecule has 1 atom stereocenters. The molecular weight excluding hydrogens is 289 g/mol. The maximum absolute atomic E-state index is 12.6. The molecule has 0 spiro atoms. The van der Waals surface area contributed by atoms with Crippen molar-refractivity contribution >= 4 is 11.4 Å². The largest absolute Gasteiger partial charge is 0.416 e. The molecule has 5 nitrogen and oxygen atoms in total. The van der Waals surface area contributed by atoms with Crippen molar-refractivity contribution < 1.29 is 23.2 Å². The van der Waals surface area contributed by atoms with E-state index in [-0.39, 0.29) is 12.3 Å². The van der Waals surface area contributed by atoms with E-state index >= 15 is 0 Å². The average Bonchev–Trinajstić information content (AvgIpc) is 2.37. The van der Waals surface area contributed by atoms with Crippen LogP contribution in [0.3, 0.4) is 0 Å². The Hall–Kier alpha value is -1.83. The minimum atomic E-state index is -4.64. The highest BCUT2D eigenvalue weighted by Crippen LogP contribution is 2.36. The van der Waals surface area contributed by atoms with Gasteiger partial charge in [-0.05, 0) is 31.9 Å². The number of nitro benzene ring substituents is 1. The van der Waals surface area contributed by atoms with Gasteiger partial charge in [0.2, 0.25) is 0 Å². The summed E-state index contributed by atoms with van der Waals surface area (Å²) in [7, 11) is 0. The number of nitrogens with zero attached hydrogens (tertiary/aromatic N) is 1. The van der Waals surface area contributed by atoms with Crippen molar-refractivity contribution in [2.75, 3.05) is 11.9 Å². The van der Waals surface area contributed by atoms with Crippen LogP contribution in [0.15, 0.2) is 18.2 Å². The molecule has 0 saturated heterocycles. The number of nitro groups is 1. The first-order valence-electron chi connectivity index (χ1n) is 6.37. The standard InChI is InChI=1S/C13H17F3N2O3/c1-3-12(2,6-7-19)17-10-5-4-9(13(14,15)16)8-11(10)18(20)21/h4-5,8,17,19H,3,6-7H2,1-2H3. The maximum Gasteiger partial charge on any atom is 0.416 e. The normalized spacial score (nSPS) is 14.6. The van der Waals surface area contributed by atoms with Gasteiger partial charge in [0.1, 0.15) is 5.69 Å².